The van der Waals surface area contributed by atoms with Crippen molar-refractivity contribution >= 4 is 17.1 Å². The molecule has 0 radical (unpaired) electrons. The van der Waals surface area contributed by atoms with Gasteiger partial charge >= 0.3 is 0 Å². The maximum Gasteiger partial charge on any atom is 0.169 e. The second-order valence-electron chi connectivity index (χ2n) is 7.68. The van der Waals surface area contributed by atoms with Gasteiger partial charge in [-0.25, -0.2) is 0 Å². The van der Waals surface area contributed by atoms with Crippen molar-refractivity contribution in [3.8, 4) is 51.7 Å². The minimum absolute atomic E-state index is 0.425. The van der Waals surface area contributed by atoms with Crippen LogP contribution in [0.15, 0.2) is 72.8 Å². The third-order valence-corrected chi connectivity index (χ3v) is 5.10. The van der Waals surface area contributed by atoms with Crippen LogP contribution in [0.25, 0.3) is 0 Å². The van der Waals surface area contributed by atoms with Crippen molar-refractivity contribution in [2.24, 2.45) is 0 Å². The lowest BCUT2D eigenvalue weighted by Gasteiger charge is -2.16. The van der Waals surface area contributed by atoms with E-state index in [-0.39, 0.29) is 0 Å². The molecule has 9 nitrogen and oxygen atoms in total. The molecule has 0 saturated heterocycles. The van der Waals surface area contributed by atoms with Gasteiger partial charge in [-0.2, -0.15) is 0 Å². The van der Waals surface area contributed by atoms with Crippen LogP contribution in [0.5, 0.6) is 51.7 Å². The maximum atomic E-state index is 6.12. The smallest absolute Gasteiger partial charge is 0.169 e. The molecule has 36 heavy (non-hydrogen) atoms. The zero-order chi connectivity index (χ0) is 25.7. The quantitative estimate of drug-likeness (QED) is 0.248. The van der Waals surface area contributed by atoms with Crippen molar-refractivity contribution in [2.75, 3.05) is 38.5 Å². The van der Waals surface area contributed by atoms with Gasteiger partial charge in [-0.15, -0.1) is 0 Å². The Labute approximate surface area is 208 Å². The SMILES string of the molecule is COc1cc(N)ccc1Oc1cc(Oc2ccc(N)cc2OC)cc(Oc2ccc(N)cc2OC)c1. The standard InChI is InChI=1S/C27H27N3O6/c1-31-25-10-16(28)4-7-22(25)34-19-13-20(35-23-8-5-17(29)11-26(23)32-2)15-21(14-19)36-24-9-6-18(30)12-27(24)33-3/h4-15H,28-30H2,1-3H3. The predicted octanol–water partition coefficient (Wildman–Crippen LogP) is 5.84. The predicted molar refractivity (Wildman–Crippen MR) is 139 cm³/mol. The Balaban J connectivity index is 1.74. The van der Waals surface area contributed by atoms with E-state index in [0.29, 0.717) is 68.8 Å². The first kappa shape index (κ1) is 24.2. The Morgan fingerprint density at radius 1 is 0.389 bits per heavy atom. The number of hydrogen-bond donors (Lipinski definition) is 3. The van der Waals surface area contributed by atoms with Crippen molar-refractivity contribution in [3.63, 3.8) is 0 Å². The van der Waals surface area contributed by atoms with Crippen molar-refractivity contribution in [2.45, 2.75) is 0 Å². The summed E-state index contributed by atoms with van der Waals surface area (Å²) in [5.41, 5.74) is 19.3. The van der Waals surface area contributed by atoms with Crippen molar-refractivity contribution in [1.29, 1.82) is 0 Å². The van der Waals surface area contributed by atoms with Crippen molar-refractivity contribution in [3.05, 3.63) is 72.8 Å². The van der Waals surface area contributed by atoms with E-state index in [9.17, 15) is 0 Å². The zero-order valence-corrected chi connectivity index (χ0v) is 20.1. The van der Waals surface area contributed by atoms with Crippen LogP contribution >= 0.6 is 0 Å². The summed E-state index contributed by atoms with van der Waals surface area (Å²) >= 11 is 0. The molecule has 0 saturated carbocycles. The topological polar surface area (TPSA) is 133 Å². The van der Waals surface area contributed by atoms with E-state index in [1.54, 1.807) is 72.8 Å². The molecular weight excluding hydrogens is 462 g/mol. The molecule has 0 aliphatic heterocycles. The Morgan fingerprint density at radius 3 is 0.917 bits per heavy atom. The number of nitrogens with two attached hydrogens (primary N) is 3. The van der Waals surface area contributed by atoms with E-state index in [4.69, 9.17) is 45.6 Å². The Kier molecular flexibility index (Phi) is 7.10. The number of rotatable bonds is 9. The molecule has 0 unspecified atom stereocenters. The fraction of sp³-hybridized carbons (Fsp3) is 0.111. The van der Waals surface area contributed by atoms with Gasteiger partial charge in [0.1, 0.15) is 17.2 Å². The largest absolute Gasteiger partial charge is 0.493 e. The van der Waals surface area contributed by atoms with Crippen LogP contribution < -0.4 is 45.6 Å². The number of methoxy groups -OCH3 is 3. The second kappa shape index (κ2) is 10.6. The van der Waals surface area contributed by atoms with Gasteiger partial charge in [0.05, 0.1) is 21.3 Å². The van der Waals surface area contributed by atoms with Gasteiger partial charge in [0.2, 0.25) is 0 Å². The van der Waals surface area contributed by atoms with E-state index in [1.807, 2.05) is 0 Å². The number of ether oxygens (including phenoxy) is 6. The van der Waals surface area contributed by atoms with E-state index in [2.05, 4.69) is 0 Å². The van der Waals surface area contributed by atoms with Crippen LogP contribution in [-0.4, -0.2) is 21.3 Å². The lowest BCUT2D eigenvalue weighted by Crippen LogP contribution is -1.96. The van der Waals surface area contributed by atoms with Crippen LogP contribution in [0.2, 0.25) is 0 Å². The highest BCUT2D eigenvalue weighted by Crippen LogP contribution is 2.41. The molecule has 0 aliphatic rings. The summed E-state index contributed by atoms with van der Waals surface area (Å²) in [5.74, 6) is 4.09. The molecule has 186 valence electrons. The molecule has 4 aromatic rings. The summed E-state index contributed by atoms with van der Waals surface area (Å²) < 4.78 is 34.6. The van der Waals surface area contributed by atoms with Crippen LogP contribution in [-0.2, 0) is 0 Å². The lowest BCUT2D eigenvalue weighted by atomic mass is 10.2. The minimum Gasteiger partial charge on any atom is -0.493 e. The van der Waals surface area contributed by atoms with Gasteiger partial charge in [-0.1, -0.05) is 0 Å². The average Bonchev–Trinajstić information content (AvgIpc) is 2.87. The van der Waals surface area contributed by atoms with Crippen LogP contribution in [0, 0.1) is 0 Å². The summed E-state index contributed by atoms with van der Waals surface area (Å²) in [6.07, 6.45) is 0. The number of benzene rings is 4. The van der Waals surface area contributed by atoms with E-state index in [0.717, 1.165) is 0 Å². The summed E-state index contributed by atoms with van der Waals surface area (Å²) in [5, 5.41) is 0. The highest BCUT2D eigenvalue weighted by Gasteiger charge is 2.14. The minimum atomic E-state index is 0.425. The number of hydrogen-bond acceptors (Lipinski definition) is 9. The molecule has 0 aliphatic carbocycles. The maximum absolute atomic E-state index is 6.12. The second-order valence-corrected chi connectivity index (χ2v) is 7.68. The average molecular weight is 490 g/mol. The third-order valence-electron chi connectivity index (χ3n) is 5.10. The van der Waals surface area contributed by atoms with E-state index >= 15 is 0 Å². The monoisotopic (exact) mass is 489 g/mol. The molecule has 0 spiro atoms. The molecule has 0 aromatic heterocycles. The van der Waals surface area contributed by atoms with Crippen LogP contribution in [0.4, 0.5) is 17.1 Å². The normalized spacial score (nSPS) is 10.4. The molecule has 9 heteroatoms. The molecule has 0 fully saturated rings. The zero-order valence-electron chi connectivity index (χ0n) is 20.1. The van der Waals surface area contributed by atoms with Gasteiger partial charge in [-0.05, 0) is 36.4 Å². The lowest BCUT2D eigenvalue weighted by molar-refractivity contribution is 0.366. The molecule has 6 N–H and O–H groups in total. The fourth-order valence-corrected chi connectivity index (χ4v) is 3.41. The summed E-state index contributed by atoms with van der Waals surface area (Å²) in [7, 11) is 4.61. The van der Waals surface area contributed by atoms with Crippen LogP contribution in [0.1, 0.15) is 0 Å². The third kappa shape index (κ3) is 5.58. The van der Waals surface area contributed by atoms with E-state index < -0.39 is 0 Å². The summed E-state index contributed by atoms with van der Waals surface area (Å²) in [6.45, 7) is 0. The summed E-state index contributed by atoms with van der Waals surface area (Å²) in [6, 6.07) is 20.4. The molecule has 0 heterocycles. The molecule has 0 atom stereocenters. The Hall–Kier alpha value is -4.92. The van der Waals surface area contributed by atoms with Crippen molar-refractivity contribution < 1.29 is 28.4 Å². The van der Waals surface area contributed by atoms with Gasteiger partial charge in [0.15, 0.2) is 34.5 Å². The van der Waals surface area contributed by atoms with Crippen molar-refractivity contribution in [1.82, 2.24) is 0 Å². The van der Waals surface area contributed by atoms with Crippen LogP contribution in [0.3, 0.4) is 0 Å². The van der Waals surface area contributed by atoms with Gasteiger partial charge in [-0.3, -0.25) is 0 Å². The van der Waals surface area contributed by atoms with Gasteiger partial charge in [0, 0.05) is 53.5 Å². The van der Waals surface area contributed by atoms with Gasteiger partial charge in [0.25, 0.3) is 0 Å². The fourth-order valence-electron chi connectivity index (χ4n) is 3.41. The Bertz CT molecular complexity index is 1200. The number of anilines is 3. The molecule has 0 amide bonds. The number of nitrogen functional groups attached to an aromatic ring is 3. The Morgan fingerprint density at radius 2 is 0.667 bits per heavy atom. The molecule has 4 aromatic carbocycles. The first-order valence-electron chi connectivity index (χ1n) is 10.9. The van der Waals surface area contributed by atoms with Gasteiger partial charge < -0.3 is 45.6 Å². The molecular formula is C27H27N3O6. The van der Waals surface area contributed by atoms with E-state index in [1.165, 1.54) is 21.3 Å². The first-order valence-corrected chi connectivity index (χ1v) is 10.9. The highest BCUT2D eigenvalue weighted by molar-refractivity contribution is 5.57. The first-order chi connectivity index (χ1) is 17.4. The summed E-state index contributed by atoms with van der Waals surface area (Å²) in [4.78, 5) is 0. The molecule has 0 bridgehead atoms. The molecule has 4 rings (SSSR count). The highest BCUT2D eigenvalue weighted by atomic mass is 16.5.